The van der Waals surface area contributed by atoms with E-state index in [1.807, 2.05) is 0 Å². The fourth-order valence-electron chi connectivity index (χ4n) is 0.962. The van der Waals surface area contributed by atoms with E-state index >= 15 is 0 Å². The third-order valence-corrected chi connectivity index (χ3v) is 1.76. The highest BCUT2D eigenvalue weighted by molar-refractivity contribution is 5.96. The normalized spacial score (nSPS) is 11.8. The number of rotatable bonds is 4. The highest BCUT2D eigenvalue weighted by Gasteiger charge is 2.19. The number of carbonyl (C=O) groups excluding carboxylic acids is 1. The summed E-state index contributed by atoms with van der Waals surface area (Å²) in [4.78, 5) is 24.6. The Balaban J connectivity index is 2.67. The molecular weight excluding hydrogens is 200 g/mol. The van der Waals surface area contributed by atoms with Gasteiger partial charge in [0.1, 0.15) is 5.56 Å². The van der Waals surface area contributed by atoms with E-state index in [2.05, 4.69) is 10.3 Å². The zero-order valence-corrected chi connectivity index (χ0v) is 7.80. The molecule has 0 aromatic carbocycles. The molecule has 0 saturated carbocycles. The third kappa shape index (κ3) is 3.03. The van der Waals surface area contributed by atoms with Gasteiger partial charge in [-0.25, -0.2) is 9.78 Å². The van der Waals surface area contributed by atoms with Crippen LogP contribution in [0.25, 0.3) is 0 Å². The summed E-state index contributed by atoms with van der Waals surface area (Å²) in [7, 11) is 0. The number of carboxylic acids is 1. The minimum absolute atomic E-state index is 0.303. The number of aliphatic hydroxyl groups is 1. The van der Waals surface area contributed by atoms with Crippen LogP contribution in [0, 0.1) is 0 Å². The molecule has 0 fully saturated rings. The summed E-state index contributed by atoms with van der Waals surface area (Å²) in [6.07, 6.45) is 3.06. The number of pyridine rings is 1. The first kappa shape index (κ1) is 11.1. The molecule has 15 heavy (non-hydrogen) atoms. The summed E-state index contributed by atoms with van der Waals surface area (Å²) in [5, 5.41) is 19.4. The lowest BCUT2D eigenvalue weighted by Crippen LogP contribution is -2.43. The number of aromatic nitrogens is 1. The number of aliphatic carboxylic acids is 1. The van der Waals surface area contributed by atoms with E-state index in [0.29, 0.717) is 5.56 Å². The minimum Gasteiger partial charge on any atom is -0.480 e. The number of H-pyrrole nitrogens is 1. The molecule has 0 aliphatic carbocycles. The van der Waals surface area contributed by atoms with E-state index < -0.39 is 24.5 Å². The largest absolute Gasteiger partial charge is 0.480 e. The third-order valence-electron chi connectivity index (χ3n) is 1.76. The van der Waals surface area contributed by atoms with Crippen LogP contribution in [0.3, 0.4) is 0 Å². The molecule has 0 spiro atoms. The molecule has 0 bridgehead atoms. The number of aliphatic hydroxyl groups excluding tert-OH is 1. The number of amides is 1. The Morgan fingerprint density at radius 3 is 2.73 bits per heavy atom. The van der Waals surface area contributed by atoms with Gasteiger partial charge in [0.2, 0.25) is 0 Å². The first-order valence-corrected chi connectivity index (χ1v) is 4.26. The lowest BCUT2D eigenvalue weighted by molar-refractivity contribution is -0.378. The molecule has 0 aliphatic rings. The number of carbonyl (C=O) groups is 2. The number of carboxylic acid groups (broad SMARTS) is 1. The molecule has 80 valence electrons. The van der Waals surface area contributed by atoms with Gasteiger partial charge in [-0.2, -0.15) is 0 Å². The van der Waals surface area contributed by atoms with Crippen molar-refractivity contribution in [3.8, 4) is 0 Å². The zero-order chi connectivity index (χ0) is 11.3. The predicted octanol–water partition coefficient (Wildman–Crippen LogP) is -1.32. The van der Waals surface area contributed by atoms with E-state index in [1.54, 1.807) is 12.3 Å². The van der Waals surface area contributed by atoms with E-state index in [-0.39, 0.29) is 0 Å². The van der Waals surface area contributed by atoms with Gasteiger partial charge in [-0.05, 0) is 6.07 Å². The second-order valence-electron chi connectivity index (χ2n) is 2.84. The second kappa shape index (κ2) is 5.06. The quantitative estimate of drug-likeness (QED) is 0.574. The van der Waals surface area contributed by atoms with E-state index in [4.69, 9.17) is 10.2 Å². The Morgan fingerprint density at radius 1 is 1.53 bits per heavy atom. The highest BCUT2D eigenvalue weighted by Crippen LogP contribution is 1.94. The van der Waals surface area contributed by atoms with Crippen LogP contribution in [0.15, 0.2) is 24.5 Å². The van der Waals surface area contributed by atoms with Crippen molar-refractivity contribution in [3.05, 3.63) is 30.1 Å². The average molecular weight is 211 g/mol. The minimum atomic E-state index is -1.28. The summed E-state index contributed by atoms with van der Waals surface area (Å²) in [5.41, 5.74) is 0.303. The predicted molar refractivity (Wildman–Crippen MR) is 49.0 cm³/mol. The maximum absolute atomic E-state index is 11.4. The summed E-state index contributed by atoms with van der Waals surface area (Å²) in [6.45, 7) is -0.641. The van der Waals surface area contributed by atoms with Gasteiger partial charge in [0.25, 0.3) is 5.91 Å². The molecule has 0 aliphatic heterocycles. The van der Waals surface area contributed by atoms with Crippen molar-refractivity contribution in [2.75, 3.05) is 6.61 Å². The van der Waals surface area contributed by atoms with Crippen molar-refractivity contribution >= 4 is 11.9 Å². The van der Waals surface area contributed by atoms with E-state index in [1.165, 1.54) is 12.3 Å². The lowest BCUT2D eigenvalue weighted by Gasteiger charge is -2.10. The standard InChI is InChI=1S/C9H10N2O4/c12-5-7(9(14)15)11-8(13)6-2-1-3-10-4-6/h1-4,7,12H,5H2,(H,11,13)(H,14,15)/p+1. The summed E-state index contributed by atoms with van der Waals surface area (Å²) < 4.78 is 0. The molecule has 1 rings (SSSR count). The van der Waals surface area contributed by atoms with E-state index in [9.17, 15) is 9.59 Å². The Bertz CT molecular complexity index is 352. The molecule has 0 saturated heterocycles. The number of aromatic amines is 1. The average Bonchev–Trinajstić information content (AvgIpc) is 2.26. The molecule has 1 aromatic heterocycles. The van der Waals surface area contributed by atoms with Crippen LogP contribution in [0.4, 0.5) is 0 Å². The number of hydrogen-bond donors (Lipinski definition) is 3. The van der Waals surface area contributed by atoms with Crippen molar-refractivity contribution < 1.29 is 24.8 Å². The Kier molecular flexibility index (Phi) is 3.75. The molecule has 1 amide bonds. The van der Waals surface area contributed by atoms with Crippen LogP contribution in [-0.2, 0) is 4.79 Å². The van der Waals surface area contributed by atoms with Crippen LogP contribution in [0.1, 0.15) is 10.4 Å². The van der Waals surface area contributed by atoms with Crippen molar-refractivity contribution in [1.82, 2.24) is 5.32 Å². The van der Waals surface area contributed by atoms with Crippen LogP contribution in [0.2, 0.25) is 0 Å². The Morgan fingerprint density at radius 2 is 2.27 bits per heavy atom. The summed E-state index contributed by atoms with van der Waals surface area (Å²) >= 11 is 0. The fourth-order valence-corrected chi connectivity index (χ4v) is 0.962. The Labute approximate surface area is 85.6 Å². The molecule has 0 radical (unpaired) electrons. The monoisotopic (exact) mass is 211 g/mol. The van der Waals surface area contributed by atoms with Crippen molar-refractivity contribution in [3.63, 3.8) is 0 Å². The molecular formula is C9H11N2O4+. The Hall–Kier alpha value is -1.95. The van der Waals surface area contributed by atoms with Crippen LogP contribution in [0.5, 0.6) is 0 Å². The lowest BCUT2D eigenvalue weighted by atomic mass is 10.2. The van der Waals surface area contributed by atoms with Gasteiger partial charge in [0, 0.05) is 6.07 Å². The molecule has 1 heterocycles. The smallest absolute Gasteiger partial charge is 0.328 e. The first-order valence-electron chi connectivity index (χ1n) is 4.26. The molecule has 1 aromatic rings. The van der Waals surface area contributed by atoms with Gasteiger partial charge in [0.15, 0.2) is 18.4 Å². The van der Waals surface area contributed by atoms with Crippen LogP contribution in [-0.4, -0.2) is 34.7 Å². The van der Waals surface area contributed by atoms with Crippen LogP contribution < -0.4 is 10.3 Å². The van der Waals surface area contributed by atoms with Gasteiger partial charge in [-0.3, -0.25) is 4.79 Å². The summed E-state index contributed by atoms with van der Waals surface area (Å²) in [6, 6.07) is 1.86. The fraction of sp³-hybridized carbons (Fsp3) is 0.222. The SMILES string of the molecule is O=C(NC(CO)C(=O)O)c1ccc[nH+]c1. The molecule has 6 heteroatoms. The second-order valence-corrected chi connectivity index (χ2v) is 2.84. The molecule has 4 N–H and O–H groups in total. The van der Waals surface area contributed by atoms with Crippen molar-refractivity contribution in [2.45, 2.75) is 6.04 Å². The van der Waals surface area contributed by atoms with E-state index in [0.717, 1.165) is 0 Å². The van der Waals surface area contributed by atoms with Gasteiger partial charge in [-0.1, -0.05) is 0 Å². The van der Waals surface area contributed by atoms with Crippen molar-refractivity contribution in [2.24, 2.45) is 0 Å². The molecule has 1 atom stereocenters. The highest BCUT2D eigenvalue weighted by atomic mass is 16.4. The molecule has 6 nitrogen and oxygen atoms in total. The van der Waals surface area contributed by atoms with Gasteiger partial charge < -0.3 is 15.5 Å². The maximum Gasteiger partial charge on any atom is 0.328 e. The van der Waals surface area contributed by atoms with Gasteiger partial charge in [0.05, 0.1) is 6.61 Å². The summed E-state index contributed by atoms with van der Waals surface area (Å²) in [5.74, 6) is -1.82. The number of nitrogens with one attached hydrogen (secondary N) is 2. The van der Waals surface area contributed by atoms with Gasteiger partial charge in [-0.15, -0.1) is 0 Å². The van der Waals surface area contributed by atoms with Crippen molar-refractivity contribution in [1.29, 1.82) is 0 Å². The number of hydrogen-bond acceptors (Lipinski definition) is 3. The first-order chi connectivity index (χ1) is 7.15. The topological polar surface area (TPSA) is 101 Å². The molecule has 1 unspecified atom stereocenters. The van der Waals surface area contributed by atoms with Crippen LogP contribution >= 0.6 is 0 Å². The zero-order valence-electron chi connectivity index (χ0n) is 7.80. The maximum atomic E-state index is 11.4. The van der Waals surface area contributed by atoms with Gasteiger partial charge >= 0.3 is 5.97 Å².